The van der Waals surface area contributed by atoms with Crippen molar-refractivity contribution >= 4 is 12.2 Å². The molecule has 0 bridgehead atoms. The maximum Gasteiger partial charge on any atom is 0.410 e. The number of carbonyl (C=O) groups excluding carboxylic acids is 2. The van der Waals surface area contributed by atoms with E-state index >= 15 is 0 Å². The summed E-state index contributed by atoms with van der Waals surface area (Å²) in [6, 6.07) is 10.6. The van der Waals surface area contributed by atoms with Gasteiger partial charge >= 0.3 is 12.2 Å². The van der Waals surface area contributed by atoms with Crippen LogP contribution in [0.15, 0.2) is 34.9 Å². The van der Waals surface area contributed by atoms with Gasteiger partial charge in [0.15, 0.2) is 5.82 Å². The lowest BCUT2D eigenvalue weighted by Crippen LogP contribution is -2.50. The largest absolute Gasteiger partial charge is 0.444 e. The zero-order valence-corrected chi connectivity index (χ0v) is 25.4. The van der Waals surface area contributed by atoms with Gasteiger partial charge in [-0.2, -0.15) is 4.98 Å². The van der Waals surface area contributed by atoms with Gasteiger partial charge in [-0.3, -0.25) is 0 Å². The maximum absolute atomic E-state index is 13.5. The summed E-state index contributed by atoms with van der Waals surface area (Å²) >= 11 is 0. The van der Waals surface area contributed by atoms with Crippen LogP contribution in [0.25, 0.3) is 0 Å². The molecule has 2 amide bonds. The van der Waals surface area contributed by atoms with Crippen LogP contribution in [0.4, 0.5) is 9.59 Å². The molecule has 2 atom stereocenters. The molecule has 1 aromatic heterocycles. The van der Waals surface area contributed by atoms with Gasteiger partial charge in [-0.1, -0.05) is 41.9 Å². The molecular formula is C32H46N4O5. The number of benzene rings is 1. The van der Waals surface area contributed by atoms with Gasteiger partial charge in [0.05, 0.1) is 5.41 Å². The highest BCUT2D eigenvalue weighted by Gasteiger charge is 2.52. The second-order valence-corrected chi connectivity index (χ2v) is 14.2. The Hall–Kier alpha value is -3.10. The smallest absolute Gasteiger partial charge is 0.410 e. The third-order valence-corrected chi connectivity index (χ3v) is 8.51. The molecule has 1 N–H and O–H groups in total. The fourth-order valence-corrected chi connectivity index (χ4v) is 6.18. The van der Waals surface area contributed by atoms with Crippen molar-refractivity contribution in [2.45, 2.75) is 133 Å². The molecule has 0 spiro atoms. The van der Waals surface area contributed by atoms with Crippen molar-refractivity contribution in [3.8, 4) is 0 Å². The minimum absolute atomic E-state index is 0.0833. The van der Waals surface area contributed by atoms with E-state index in [1.54, 1.807) is 0 Å². The van der Waals surface area contributed by atoms with Gasteiger partial charge in [-0.05, 0) is 92.1 Å². The third-order valence-electron chi connectivity index (χ3n) is 8.51. The van der Waals surface area contributed by atoms with Gasteiger partial charge in [0.2, 0.25) is 5.89 Å². The van der Waals surface area contributed by atoms with Crippen molar-refractivity contribution in [2.75, 3.05) is 6.54 Å². The van der Waals surface area contributed by atoms with E-state index in [9.17, 15) is 9.59 Å². The van der Waals surface area contributed by atoms with Crippen LogP contribution >= 0.6 is 0 Å². The number of hydrogen-bond donors (Lipinski definition) is 1. The van der Waals surface area contributed by atoms with E-state index in [1.807, 2.05) is 52.5 Å². The fourth-order valence-electron chi connectivity index (χ4n) is 6.18. The first-order valence-corrected chi connectivity index (χ1v) is 15.2. The monoisotopic (exact) mass is 566 g/mol. The number of ether oxygens (including phenoxy) is 2. The first kappa shape index (κ1) is 29.4. The van der Waals surface area contributed by atoms with Crippen molar-refractivity contribution in [1.29, 1.82) is 0 Å². The predicted octanol–water partition coefficient (Wildman–Crippen LogP) is 6.84. The van der Waals surface area contributed by atoms with Crippen LogP contribution < -0.4 is 5.32 Å². The minimum Gasteiger partial charge on any atom is -0.444 e. The van der Waals surface area contributed by atoms with Crippen molar-refractivity contribution in [3.63, 3.8) is 0 Å². The average Bonchev–Trinajstić information content (AvgIpc) is 3.49. The Bertz CT molecular complexity index is 1200. The average molecular weight is 567 g/mol. The van der Waals surface area contributed by atoms with E-state index in [0.29, 0.717) is 24.2 Å². The van der Waals surface area contributed by atoms with E-state index < -0.39 is 11.2 Å². The van der Waals surface area contributed by atoms with E-state index in [1.165, 1.54) is 5.56 Å². The molecule has 1 heterocycles. The molecular weight excluding hydrogens is 520 g/mol. The Balaban J connectivity index is 1.25. The molecule has 3 saturated carbocycles. The molecule has 3 aliphatic rings. The first-order valence-electron chi connectivity index (χ1n) is 15.2. The Kier molecular flexibility index (Phi) is 8.09. The van der Waals surface area contributed by atoms with Crippen LogP contribution in [0.5, 0.6) is 0 Å². The number of carbonyl (C=O) groups is 2. The molecule has 0 unspecified atom stereocenters. The quantitative estimate of drug-likeness (QED) is 0.391. The van der Waals surface area contributed by atoms with Crippen molar-refractivity contribution in [1.82, 2.24) is 20.4 Å². The predicted molar refractivity (Wildman–Crippen MR) is 155 cm³/mol. The summed E-state index contributed by atoms with van der Waals surface area (Å²) < 4.78 is 17.1. The molecule has 224 valence electrons. The van der Waals surface area contributed by atoms with Gasteiger partial charge in [0.25, 0.3) is 0 Å². The second-order valence-electron chi connectivity index (χ2n) is 14.2. The molecule has 41 heavy (non-hydrogen) atoms. The zero-order valence-electron chi connectivity index (χ0n) is 25.4. The second kappa shape index (κ2) is 11.3. The number of nitrogens with one attached hydrogen (secondary N) is 1. The Morgan fingerprint density at radius 2 is 1.66 bits per heavy atom. The number of nitrogens with zero attached hydrogens (tertiary/aromatic N) is 3. The van der Waals surface area contributed by atoms with Gasteiger partial charge in [-0.15, -0.1) is 0 Å². The topological polar surface area (TPSA) is 107 Å². The summed E-state index contributed by atoms with van der Waals surface area (Å²) in [5.74, 6) is 1.85. The SMILES string of the molecule is CC(C)(C)OC(=O)N[C@H]1CC[C@@H](c2nc(C3(CN(C(=O)OC(C)(C)C)[C@@H]4C[C@H]4c4ccccc4)CCC3)no2)CC1. The number of rotatable bonds is 7. The molecule has 0 radical (unpaired) electrons. The number of hydrogen-bond acceptors (Lipinski definition) is 7. The van der Waals surface area contributed by atoms with E-state index in [4.69, 9.17) is 19.0 Å². The van der Waals surface area contributed by atoms with Gasteiger partial charge in [-0.25, -0.2) is 9.59 Å². The minimum atomic E-state index is -0.574. The lowest BCUT2D eigenvalue weighted by Gasteiger charge is -2.43. The van der Waals surface area contributed by atoms with Crippen LogP contribution in [0.2, 0.25) is 0 Å². The lowest BCUT2D eigenvalue weighted by atomic mass is 9.67. The molecule has 2 aromatic rings. The van der Waals surface area contributed by atoms with Crippen LogP contribution in [-0.4, -0.2) is 57.1 Å². The Morgan fingerprint density at radius 3 is 2.24 bits per heavy atom. The van der Waals surface area contributed by atoms with Gasteiger partial charge in [0, 0.05) is 30.5 Å². The van der Waals surface area contributed by atoms with Crippen LogP contribution in [0.3, 0.4) is 0 Å². The summed E-state index contributed by atoms with van der Waals surface area (Å²) in [5, 5.41) is 7.48. The van der Waals surface area contributed by atoms with Gasteiger partial charge < -0.3 is 24.2 Å². The number of aromatic nitrogens is 2. The summed E-state index contributed by atoms with van der Waals surface area (Å²) in [6.45, 7) is 11.9. The van der Waals surface area contributed by atoms with Gasteiger partial charge in [0.1, 0.15) is 11.2 Å². The Labute approximate surface area is 243 Å². The summed E-state index contributed by atoms with van der Waals surface area (Å²) in [4.78, 5) is 32.6. The molecule has 9 heteroatoms. The fraction of sp³-hybridized carbons (Fsp3) is 0.688. The molecule has 1 aromatic carbocycles. The van der Waals surface area contributed by atoms with E-state index in [-0.39, 0.29) is 35.6 Å². The summed E-state index contributed by atoms with van der Waals surface area (Å²) in [5.41, 5.74) is -0.152. The van der Waals surface area contributed by atoms with E-state index in [2.05, 4.69) is 34.7 Å². The highest BCUT2D eigenvalue weighted by atomic mass is 16.6. The number of amides is 2. The van der Waals surface area contributed by atoms with Crippen molar-refractivity contribution < 1.29 is 23.6 Å². The summed E-state index contributed by atoms with van der Waals surface area (Å²) in [7, 11) is 0. The normalized spacial score (nSPS) is 25.5. The first-order chi connectivity index (χ1) is 19.3. The van der Waals surface area contributed by atoms with Crippen LogP contribution in [-0.2, 0) is 14.9 Å². The Morgan fingerprint density at radius 1 is 1.00 bits per heavy atom. The lowest BCUT2D eigenvalue weighted by molar-refractivity contribution is 0.0123. The van der Waals surface area contributed by atoms with Crippen molar-refractivity contribution in [2.24, 2.45) is 0 Å². The molecule has 0 aliphatic heterocycles. The summed E-state index contributed by atoms with van der Waals surface area (Å²) in [6.07, 6.45) is 6.58. The number of alkyl carbamates (subject to hydrolysis) is 1. The van der Waals surface area contributed by atoms with Crippen LogP contribution in [0.1, 0.15) is 122 Å². The highest BCUT2D eigenvalue weighted by Crippen LogP contribution is 2.49. The highest BCUT2D eigenvalue weighted by molar-refractivity contribution is 5.70. The third kappa shape index (κ3) is 7.22. The molecule has 5 rings (SSSR count). The molecule has 9 nitrogen and oxygen atoms in total. The van der Waals surface area contributed by atoms with E-state index in [0.717, 1.165) is 51.4 Å². The standard InChI is InChI=1S/C32H46N4O5/c1-30(2,3)39-28(37)33-23-15-13-22(14-16-23)26-34-27(35-41-26)32(17-10-18-32)20-36(29(38)40-31(4,5)6)25-19-24(25)21-11-8-7-9-12-21/h7-9,11-12,22-25H,10,13-20H2,1-6H3,(H,33,37)/t22-,23+,24-,25+/m0/s1. The molecule has 0 saturated heterocycles. The van der Waals surface area contributed by atoms with Crippen LogP contribution in [0, 0.1) is 0 Å². The maximum atomic E-state index is 13.5. The zero-order chi connectivity index (χ0) is 29.4. The molecule has 3 aliphatic carbocycles. The molecule has 3 fully saturated rings. The van der Waals surface area contributed by atoms with Crippen molar-refractivity contribution in [3.05, 3.63) is 47.6 Å².